The van der Waals surface area contributed by atoms with E-state index in [9.17, 15) is 14.4 Å². The van der Waals surface area contributed by atoms with Gasteiger partial charge in [0.15, 0.2) is 0 Å². The van der Waals surface area contributed by atoms with Crippen molar-refractivity contribution in [1.29, 1.82) is 0 Å². The molecule has 26 heavy (non-hydrogen) atoms. The Balaban J connectivity index is 1.76. The van der Waals surface area contributed by atoms with Crippen LogP contribution in [0.3, 0.4) is 0 Å². The molecule has 0 aromatic heterocycles. The molecule has 3 amide bonds. The first-order valence-electron chi connectivity index (χ1n) is 8.17. The summed E-state index contributed by atoms with van der Waals surface area (Å²) in [4.78, 5) is 35.7. The minimum absolute atomic E-state index is 0.163. The Labute approximate surface area is 160 Å². The molecule has 2 rings (SSSR count). The molecule has 0 fully saturated rings. The van der Waals surface area contributed by atoms with Crippen LogP contribution >= 0.6 is 15.9 Å². The molecule has 136 valence electrons. The first-order valence-corrected chi connectivity index (χ1v) is 8.97. The Morgan fingerprint density at radius 3 is 2.38 bits per heavy atom. The van der Waals surface area contributed by atoms with Crippen molar-refractivity contribution < 1.29 is 14.4 Å². The zero-order valence-corrected chi connectivity index (χ0v) is 15.9. The molecule has 3 N–H and O–H groups in total. The number of para-hydroxylation sites is 1. The largest absolute Gasteiger partial charge is 0.345 e. The molecular formula is C19H20BrN3O3. The number of halogens is 1. The van der Waals surface area contributed by atoms with Crippen molar-refractivity contribution in [1.82, 2.24) is 10.6 Å². The normalized spacial score (nSPS) is 10.1. The molecule has 7 heteroatoms. The van der Waals surface area contributed by atoms with Gasteiger partial charge in [0.05, 0.1) is 13.1 Å². The fraction of sp³-hybridized carbons (Fsp3) is 0.211. The number of hydrogen-bond donors (Lipinski definition) is 3. The smallest absolute Gasteiger partial charge is 0.251 e. The van der Waals surface area contributed by atoms with Crippen molar-refractivity contribution in [3.8, 4) is 0 Å². The molecular weight excluding hydrogens is 398 g/mol. The van der Waals surface area contributed by atoms with E-state index in [1.165, 1.54) is 0 Å². The molecule has 0 saturated heterocycles. The number of aryl methyl sites for hydroxylation is 1. The molecule has 0 aliphatic carbocycles. The fourth-order valence-electron chi connectivity index (χ4n) is 2.28. The third-order valence-electron chi connectivity index (χ3n) is 3.61. The van der Waals surface area contributed by atoms with Crippen molar-refractivity contribution in [3.63, 3.8) is 0 Å². The number of benzene rings is 2. The van der Waals surface area contributed by atoms with Crippen molar-refractivity contribution in [3.05, 3.63) is 64.1 Å². The van der Waals surface area contributed by atoms with Crippen molar-refractivity contribution in [2.45, 2.75) is 13.3 Å². The lowest BCUT2D eigenvalue weighted by Crippen LogP contribution is -2.40. The van der Waals surface area contributed by atoms with Gasteiger partial charge in [-0.25, -0.2) is 0 Å². The van der Waals surface area contributed by atoms with Crippen LogP contribution in [-0.2, 0) is 16.0 Å². The van der Waals surface area contributed by atoms with E-state index in [1.54, 1.807) is 24.3 Å². The molecule has 0 saturated carbocycles. The molecule has 0 unspecified atom stereocenters. The van der Waals surface area contributed by atoms with Gasteiger partial charge in [0.1, 0.15) is 0 Å². The quantitative estimate of drug-likeness (QED) is 0.646. The Kier molecular flexibility index (Phi) is 7.35. The van der Waals surface area contributed by atoms with E-state index >= 15 is 0 Å². The average Bonchev–Trinajstić information content (AvgIpc) is 2.64. The summed E-state index contributed by atoms with van der Waals surface area (Å²) < 4.78 is 0.777. The summed E-state index contributed by atoms with van der Waals surface area (Å²) in [6.45, 7) is 1.63. The van der Waals surface area contributed by atoms with E-state index in [0.717, 1.165) is 22.1 Å². The molecule has 0 spiro atoms. The van der Waals surface area contributed by atoms with Gasteiger partial charge in [-0.3, -0.25) is 14.4 Å². The maximum atomic E-state index is 12.0. The molecule has 0 bridgehead atoms. The maximum Gasteiger partial charge on any atom is 0.251 e. The van der Waals surface area contributed by atoms with Gasteiger partial charge >= 0.3 is 0 Å². The second kappa shape index (κ2) is 9.72. The lowest BCUT2D eigenvalue weighted by Gasteiger charge is -2.10. The lowest BCUT2D eigenvalue weighted by molar-refractivity contribution is -0.123. The summed E-state index contributed by atoms with van der Waals surface area (Å²) in [5, 5.41) is 7.77. The Bertz CT molecular complexity index is 808. The third-order valence-corrected chi connectivity index (χ3v) is 4.11. The van der Waals surface area contributed by atoms with Crippen LogP contribution in [0.5, 0.6) is 0 Å². The van der Waals surface area contributed by atoms with E-state index in [0.29, 0.717) is 5.56 Å². The van der Waals surface area contributed by atoms with Crippen LogP contribution in [0.2, 0.25) is 0 Å². The first-order chi connectivity index (χ1) is 12.5. The Morgan fingerprint density at radius 1 is 0.923 bits per heavy atom. The summed E-state index contributed by atoms with van der Waals surface area (Å²) in [5.41, 5.74) is 2.20. The zero-order valence-electron chi connectivity index (χ0n) is 14.3. The number of amides is 3. The number of carbonyl (C=O) groups is 3. The predicted molar refractivity (Wildman–Crippen MR) is 104 cm³/mol. The van der Waals surface area contributed by atoms with E-state index in [1.807, 2.05) is 31.2 Å². The molecule has 0 atom stereocenters. The van der Waals surface area contributed by atoms with Crippen LogP contribution in [0, 0.1) is 0 Å². The zero-order chi connectivity index (χ0) is 18.9. The molecule has 6 nitrogen and oxygen atoms in total. The Hall–Kier alpha value is -2.67. The topological polar surface area (TPSA) is 87.3 Å². The van der Waals surface area contributed by atoms with E-state index in [-0.39, 0.29) is 24.9 Å². The van der Waals surface area contributed by atoms with Gasteiger partial charge < -0.3 is 16.0 Å². The van der Waals surface area contributed by atoms with Crippen molar-refractivity contribution >= 4 is 39.3 Å². The second-order valence-electron chi connectivity index (χ2n) is 5.53. The van der Waals surface area contributed by atoms with Gasteiger partial charge in [-0.2, -0.15) is 0 Å². The minimum atomic E-state index is -0.438. The number of anilines is 1. The second-order valence-corrected chi connectivity index (χ2v) is 6.44. The van der Waals surface area contributed by atoms with E-state index in [4.69, 9.17) is 0 Å². The average molecular weight is 418 g/mol. The number of rotatable bonds is 7. The molecule has 0 radical (unpaired) electrons. The van der Waals surface area contributed by atoms with Crippen LogP contribution in [-0.4, -0.2) is 30.8 Å². The maximum absolute atomic E-state index is 12.0. The van der Waals surface area contributed by atoms with E-state index < -0.39 is 5.91 Å². The summed E-state index contributed by atoms with van der Waals surface area (Å²) >= 11 is 3.28. The summed E-state index contributed by atoms with van der Waals surface area (Å²) in [5.74, 6) is -1.12. The highest BCUT2D eigenvalue weighted by atomic mass is 79.9. The van der Waals surface area contributed by atoms with Gasteiger partial charge in [0, 0.05) is 15.7 Å². The van der Waals surface area contributed by atoms with Crippen molar-refractivity contribution in [2.24, 2.45) is 0 Å². The predicted octanol–water partition coefficient (Wildman–Crippen LogP) is 2.50. The summed E-state index contributed by atoms with van der Waals surface area (Å²) in [6, 6.07) is 14.3. The lowest BCUT2D eigenvalue weighted by atomic mass is 10.1. The summed E-state index contributed by atoms with van der Waals surface area (Å²) in [6.07, 6.45) is 0.796. The Morgan fingerprint density at radius 2 is 1.65 bits per heavy atom. The monoisotopic (exact) mass is 417 g/mol. The summed E-state index contributed by atoms with van der Waals surface area (Å²) in [7, 11) is 0. The molecule has 2 aromatic rings. The highest BCUT2D eigenvalue weighted by Gasteiger charge is 2.10. The van der Waals surface area contributed by atoms with Gasteiger partial charge in [-0.05, 0) is 36.2 Å². The van der Waals surface area contributed by atoms with Crippen LogP contribution < -0.4 is 16.0 Å². The number of hydrogen-bond acceptors (Lipinski definition) is 3. The highest BCUT2D eigenvalue weighted by Crippen LogP contribution is 2.15. The van der Waals surface area contributed by atoms with Crippen LogP contribution in [0.1, 0.15) is 22.8 Å². The first kappa shape index (κ1) is 19.7. The molecule has 2 aromatic carbocycles. The number of carbonyl (C=O) groups excluding carboxylic acids is 3. The van der Waals surface area contributed by atoms with Gasteiger partial charge in [-0.1, -0.05) is 47.1 Å². The molecule has 0 aliphatic heterocycles. The molecule has 0 heterocycles. The van der Waals surface area contributed by atoms with E-state index in [2.05, 4.69) is 31.9 Å². The standard InChI is InChI=1S/C19H20BrN3O3/c1-2-13-6-3-4-9-16(13)23-18(25)12-21-17(24)11-22-19(26)14-7-5-8-15(20)10-14/h3-10H,2,11-12H2,1H3,(H,21,24)(H,22,26)(H,23,25). The van der Waals surface area contributed by atoms with Crippen molar-refractivity contribution in [2.75, 3.05) is 18.4 Å². The van der Waals surface area contributed by atoms with Crippen LogP contribution in [0.4, 0.5) is 5.69 Å². The molecule has 0 aliphatic rings. The van der Waals surface area contributed by atoms with Gasteiger partial charge in [0.2, 0.25) is 11.8 Å². The van der Waals surface area contributed by atoms with Gasteiger partial charge in [-0.15, -0.1) is 0 Å². The highest BCUT2D eigenvalue weighted by molar-refractivity contribution is 9.10. The fourth-order valence-corrected chi connectivity index (χ4v) is 2.68. The SMILES string of the molecule is CCc1ccccc1NC(=O)CNC(=O)CNC(=O)c1cccc(Br)c1. The third kappa shape index (κ3) is 6.00. The van der Waals surface area contributed by atoms with Crippen LogP contribution in [0.15, 0.2) is 53.0 Å². The van der Waals surface area contributed by atoms with Crippen LogP contribution in [0.25, 0.3) is 0 Å². The van der Waals surface area contributed by atoms with Gasteiger partial charge in [0.25, 0.3) is 5.91 Å². The number of nitrogens with one attached hydrogen (secondary N) is 3. The minimum Gasteiger partial charge on any atom is -0.345 e.